The Labute approximate surface area is 121 Å². The third-order valence-corrected chi connectivity index (χ3v) is 3.85. The van der Waals surface area contributed by atoms with Crippen molar-refractivity contribution in [2.45, 2.75) is 12.8 Å². The molecule has 1 aromatic carbocycles. The number of rotatable bonds is 2. The number of fused-ring (bicyclic) bond motifs is 1. The van der Waals surface area contributed by atoms with Crippen molar-refractivity contribution in [2.24, 2.45) is 5.92 Å². The van der Waals surface area contributed by atoms with Gasteiger partial charge in [-0.05, 0) is 25.0 Å². The molecule has 0 spiro atoms. The van der Waals surface area contributed by atoms with E-state index < -0.39 is 0 Å². The smallest absolute Gasteiger partial charge is 0.310 e. The van der Waals surface area contributed by atoms with Gasteiger partial charge in [0.15, 0.2) is 0 Å². The fourth-order valence-electron chi connectivity index (χ4n) is 2.82. The van der Waals surface area contributed by atoms with Gasteiger partial charge in [-0.3, -0.25) is 4.79 Å². The van der Waals surface area contributed by atoms with Crippen LogP contribution < -0.4 is 4.90 Å². The van der Waals surface area contributed by atoms with Crippen molar-refractivity contribution >= 4 is 22.7 Å². The van der Waals surface area contributed by atoms with Crippen molar-refractivity contribution < 1.29 is 13.9 Å². The summed E-state index contributed by atoms with van der Waals surface area (Å²) in [4.78, 5) is 22.0. The molecule has 0 N–H and O–H groups in total. The number of anilines is 1. The summed E-state index contributed by atoms with van der Waals surface area (Å²) >= 11 is 0. The van der Waals surface area contributed by atoms with Gasteiger partial charge in [0.1, 0.15) is 23.5 Å². The second-order valence-electron chi connectivity index (χ2n) is 5.14. The maximum atomic E-state index is 13.8. The van der Waals surface area contributed by atoms with Crippen molar-refractivity contribution in [3.8, 4) is 0 Å². The molecule has 1 atom stereocenters. The number of aromatic nitrogens is 2. The molecule has 0 saturated carbocycles. The molecule has 0 amide bonds. The van der Waals surface area contributed by atoms with Crippen LogP contribution in [0.3, 0.4) is 0 Å². The van der Waals surface area contributed by atoms with Crippen molar-refractivity contribution in [1.82, 2.24) is 9.97 Å². The Kier molecular flexibility index (Phi) is 3.68. The first-order valence-corrected chi connectivity index (χ1v) is 6.92. The molecule has 2 heterocycles. The van der Waals surface area contributed by atoms with Crippen LogP contribution >= 0.6 is 0 Å². The van der Waals surface area contributed by atoms with Gasteiger partial charge in [0, 0.05) is 18.5 Å². The highest BCUT2D eigenvalue weighted by Crippen LogP contribution is 2.28. The molecule has 1 aromatic heterocycles. The third kappa shape index (κ3) is 2.53. The highest BCUT2D eigenvalue weighted by atomic mass is 19.1. The van der Waals surface area contributed by atoms with E-state index in [1.165, 1.54) is 19.5 Å². The molecule has 5 nitrogen and oxygen atoms in total. The Morgan fingerprint density at radius 2 is 2.29 bits per heavy atom. The van der Waals surface area contributed by atoms with Crippen LogP contribution in [0.5, 0.6) is 0 Å². The van der Waals surface area contributed by atoms with E-state index in [2.05, 4.69) is 9.97 Å². The minimum atomic E-state index is -0.363. The molecule has 1 unspecified atom stereocenters. The normalized spacial score (nSPS) is 18.8. The summed E-state index contributed by atoms with van der Waals surface area (Å²) in [5, 5.41) is 0.669. The number of piperidine rings is 1. The van der Waals surface area contributed by atoms with E-state index in [0.717, 1.165) is 19.4 Å². The van der Waals surface area contributed by atoms with Crippen molar-refractivity contribution in [2.75, 3.05) is 25.1 Å². The Balaban J connectivity index is 1.97. The fourth-order valence-corrected chi connectivity index (χ4v) is 2.82. The Bertz CT molecular complexity index is 677. The molecule has 0 bridgehead atoms. The Morgan fingerprint density at radius 3 is 3.10 bits per heavy atom. The van der Waals surface area contributed by atoms with Crippen LogP contribution in [0.15, 0.2) is 24.5 Å². The number of benzene rings is 1. The predicted octanol–water partition coefficient (Wildman–Crippen LogP) is 2.16. The lowest BCUT2D eigenvalue weighted by Crippen LogP contribution is -2.39. The van der Waals surface area contributed by atoms with Crippen molar-refractivity contribution in [1.29, 1.82) is 0 Å². The predicted molar refractivity (Wildman–Crippen MR) is 76.4 cm³/mol. The second kappa shape index (κ2) is 5.63. The van der Waals surface area contributed by atoms with Gasteiger partial charge < -0.3 is 9.64 Å². The van der Waals surface area contributed by atoms with Crippen LogP contribution in [0.25, 0.3) is 10.9 Å². The van der Waals surface area contributed by atoms with Crippen molar-refractivity contribution in [3.63, 3.8) is 0 Å². The van der Waals surface area contributed by atoms with Crippen LogP contribution in [0.2, 0.25) is 0 Å². The molecule has 0 aliphatic carbocycles. The molecule has 1 aliphatic heterocycles. The number of esters is 1. The lowest BCUT2D eigenvalue weighted by Gasteiger charge is -2.32. The van der Waals surface area contributed by atoms with Gasteiger partial charge in [0.2, 0.25) is 0 Å². The van der Waals surface area contributed by atoms with Crippen LogP contribution in [0.4, 0.5) is 10.2 Å². The summed E-state index contributed by atoms with van der Waals surface area (Å²) in [5.74, 6) is -0.0580. The van der Waals surface area contributed by atoms with Gasteiger partial charge in [0.05, 0.1) is 13.0 Å². The Hall–Kier alpha value is -2.24. The van der Waals surface area contributed by atoms with Gasteiger partial charge in [-0.2, -0.15) is 0 Å². The van der Waals surface area contributed by atoms with E-state index in [9.17, 15) is 9.18 Å². The van der Waals surface area contributed by atoms with Gasteiger partial charge in [-0.15, -0.1) is 0 Å². The molecule has 1 fully saturated rings. The molecule has 2 aromatic rings. The Morgan fingerprint density at radius 1 is 1.43 bits per heavy atom. The topological polar surface area (TPSA) is 55.3 Å². The monoisotopic (exact) mass is 289 g/mol. The minimum absolute atomic E-state index is 0.165. The highest BCUT2D eigenvalue weighted by Gasteiger charge is 2.28. The summed E-state index contributed by atoms with van der Waals surface area (Å²) in [5.41, 5.74) is 0.308. The van der Waals surface area contributed by atoms with Gasteiger partial charge in [0.25, 0.3) is 0 Å². The molecule has 0 radical (unpaired) electrons. The van der Waals surface area contributed by atoms with Crippen LogP contribution in [0, 0.1) is 11.7 Å². The number of halogens is 1. The van der Waals surface area contributed by atoms with Gasteiger partial charge >= 0.3 is 5.97 Å². The standard InChI is InChI=1S/C15H16FN3O2/c1-21-15(20)10-4-3-7-19(8-10)14-11-5-2-6-12(16)13(11)17-9-18-14/h2,5-6,9-10H,3-4,7-8H2,1H3. The van der Waals surface area contributed by atoms with E-state index >= 15 is 0 Å². The number of hydrogen-bond donors (Lipinski definition) is 0. The quantitative estimate of drug-likeness (QED) is 0.793. The molecule has 1 saturated heterocycles. The van der Waals surface area contributed by atoms with E-state index in [0.29, 0.717) is 23.3 Å². The number of carbonyl (C=O) groups excluding carboxylic acids is 1. The van der Waals surface area contributed by atoms with E-state index in [-0.39, 0.29) is 17.7 Å². The summed E-state index contributed by atoms with van der Waals surface area (Å²) < 4.78 is 18.6. The first kappa shape index (κ1) is 13.7. The molecule has 21 heavy (non-hydrogen) atoms. The lowest BCUT2D eigenvalue weighted by molar-refractivity contribution is -0.145. The third-order valence-electron chi connectivity index (χ3n) is 3.85. The van der Waals surface area contributed by atoms with Crippen LogP contribution in [0.1, 0.15) is 12.8 Å². The highest BCUT2D eigenvalue weighted by molar-refractivity contribution is 5.90. The number of hydrogen-bond acceptors (Lipinski definition) is 5. The van der Waals surface area contributed by atoms with E-state index in [1.807, 2.05) is 4.90 Å². The second-order valence-corrected chi connectivity index (χ2v) is 5.14. The zero-order valence-corrected chi connectivity index (χ0v) is 11.8. The number of nitrogens with zero attached hydrogens (tertiary/aromatic N) is 3. The van der Waals surface area contributed by atoms with Crippen LogP contribution in [-0.4, -0.2) is 36.1 Å². The zero-order chi connectivity index (χ0) is 14.8. The first-order chi connectivity index (χ1) is 10.2. The lowest BCUT2D eigenvalue weighted by atomic mass is 9.98. The maximum Gasteiger partial charge on any atom is 0.310 e. The molecule has 110 valence electrons. The SMILES string of the molecule is COC(=O)C1CCCN(c2ncnc3c(F)cccc23)C1. The number of methoxy groups -OCH3 is 1. The van der Waals surface area contributed by atoms with Gasteiger partial charge in [-0.25, -0.2) is 14.4 Å². The van der Waals surface area contributed by atoms with E-state index in [4.69, 9.17) is 4.74 Å². The first-order valence-electron chi connectivity index (χ1n) is 6.92. The molecular formula is C15H16FN3O2. The molecule has 1 aliphatic rings. The van der Waals surface area contributed by atoms with E-state index in [1.54, 1.807) is 12.1 Å². The fraction of sp³-hybridized carbons (Fsp3) is 0.400. The summed E-state index contributed by atoms with van der Waals surface area (Å²) in [6.07, 6.45) is 3.05. The minimum Gasteiger partial charge on any atom is -0.469 e. The zero-order valence-electron chi connectivity index (χ0n) is 11.8. The number of para-hydroxylation sites is 1. The molecule has 3 rings (SSSR count). The average molecular weight is 289 g/mol. The van der Waals surface area contributed by atoms with Crippen molar-refractivity contribution in [3.05, 3.63) is 30.3 Å². The number of carbonyl (C=O) groups is 1. The largest absolute Gasteiger partial charge is 0.469 e. The maximum absolute atomic E-state index is 13.8. The molecule has 6 heteroatoms. The summed E-state index contributed by atoms with van der Waals surface area (Å²) in [6.45, 7) is 1.32. The average Bonchev–Trinajstić information content (AvgIpc) is 2.54. The van der Waals surface area contributed by atoms with Gasteiger partial charge in [-0.1, -0.05) is 6.07 Å². The number of ether oxygens (including phenoxy) is 1. The van der Waals surface area contributed by atoms with Crippen LogP contribution in [-0.2, 0) is 9.53 Å². The summed E-state index contributed by atoms with van der Waals surface area (Å²) in [7, 11) is 1.40. The summed E-state index contributed by atoms with van der Waals surface area (Å²) in [6, 6.07) is 4.83. The molecular weight excluding hydrogens is 273 g/mol.